The van der Waals surface area contributed by atoms with Crippen molar-refractivity contribution in [1.82, 2.24) is 15.3 Å². The van der Waals surface area contributed by atoms with Crippen molar-refractivity contribution in [2.75, 3.05) is 25.0 Å². The maximum Gasteiger partial charge on any atom is 0.433 e. The smallest absolute Gasteiger partial charge is 0.338 e. The molecule has 0 saturated carbocycles. The molecule has 0 amide bonds. The van der Waals surface area contributed by atoms with Gasteiger partial charge in [-0.3, -0.25) is 0 Å². The first kappa shape index (κ1) is 15.0. The number of nitrogens with one attached hydrogen (secondary N) is 1. The SMILES string of the molecule is CNCCC1CCCCN1c1nccc(C(F)(F)F)n1. The number of hydrogen-bond donors (Lipinski definition) is 1. The minimum Gasteiger partial charge on any atom is -0.338 e. The quantitative estimate of drug-likeness (QED) is 0.924. The Morgan fingerprint density at radius 3 is 2.90 bits per heavy atom. The summed E-state index contributed by atoms with van der Waals surface area (Å²) in [6, 6.07) is 1.12. The summed E-state index contributed by atoms with van der Waals surface area (Å²) in [5, 5.41) is 3.08. The third-order valence-electron chi connectivity index (χ3n) is 3.54. The first-order chi connectivity index (χ1) is 9.52. The lowest BCUT2D eigenvalue weighted by Gasteiger charge is -2.36. The van der Waals surface area contributed by atoms with Crippen LogP contribution in [-0.2, 0) is 6.18 Å². The Morgan fingerprint density at radius 1 is 1.40 bits per heavy atom. The zero-order valence-corrected chi connectivity index (χ0v) is 11.5. The lowest BCUT2D eigenvalue weighted by molar-refractivity contribution is -0.141. The molecule has 0 spiro atoms. The van der Waals surface area contributed by atoms with Crippen molar-refractivity contribution in [2.24, 2.45) is 0 Å². The zero-order chi connectivity index (χ0) is 14.6. The number of anilines is 1. The molecule has 1 aromatic heterocycles. The van der Waals surface area contributed by atoms with Crippen LogP contribution in [0.25, 0.3) is 0 Å². The average Bonchev–Trinajstić information content (AvgIpc) is 2.45. The van der Waals surface area contributed by atoms with Gasteiger partial charge in [-0.2, -0.15) is 13.2 Å². The van der Waals surface area contributed by atoms with Crippen molar-refractivity contribution >= 4 is 5.95 Å². The fourth-order valence-corrected chi connectivity index (χ4v) is 2.52. The van der Waals surface area contributed by atoms with Crippen molar-refractivity contribution in [2.45, 2.75) is 37.9 Å². The molecule has 1 aromatic rings. The fraction of sp³-hybridized carbons (Fsp3) is 0.692. The van der Waals surface area contributed by atoms with Gasteiger partial charge in [-0.25, -0.2) is 9.97 Å². The molecule has 4 nitrogen and oxygen atoms in total. The number of hydrogen-bond acceptors (Lipinski definition) is 4. The second-order valence-corrected chi connectivity index (χ2v) is 4.97. The van der Waals surface area contributed by atoms with E-state index in [1.165, 1.54) is 6.20 Å². The number of nitrogens with zero attached hydrogens (tertiary/aromatic N) is 3. The van der Waals surface area contributed by atoms with E-state index in [2.05, 4.69) is 15.3 Å². The van der Waals surface area contributed by atoms with Gasteiger partial charge in [0.1, 0.15) is 5.69 Å². The summed E-state index contributed by atoms with van der Waals surface area (Å²) in [7, 11) is 1.87. The number of alkyl halides is 3. The summed E-state index contributed by atoms with van der Waals surface area (Å²) >= 11 is 0. The summed E-state index contributed by atoms with van der Waals surface area (Å²) in [4.78, 5) is 9.64. The fourth-order valence-electron chi connectivity index (χ4n) is 2.52. The molecule has 0 aliphatic carbocycles. The highest BCUT2D eigenvalue weighted by Crippen LogP contribution is 2.30. The molecule has 1 saturated heterocycles. The Bertz CT molecular complexity index is 436. The molecule has 20 heavy (non-hydrogen) atoms. The van der Waals surface area contributed by atoms with Crippen LogP contribution in [0.3, 0.4) is 0 Å². The summed E-state index contributed by atoms with van der Waals surface area (Å²) in [5.41, 5.74) is -0.875. The van der Waals surface area contributed by atoms with E-state index in [4.69, 9.17) is 0 Å². The molecule has 1 unspecified atom stereocenters. The van der Waals surface area contributed by atoms with Gasteiger partial charge in [-0.1, -0.05) is 0 Å². The predicted molar refractivity (Wildman–Crippen MR) is 70.6 cm³/mol. The molecular weight excluding hydrogens is 269 g/mol. The Morgan fingerprint density at radius 2 is 2.20 bits per heavy atom. The standard InChI is InChI=1S/C13H19F3N4/c1-17-7-5-10-4-2-3-9-20(10)12-18-8-6-11(19-12)13(14,15)16/h6,8,10,17H,2-5,7,9H2,1H3. The topological polar surface area (TPSA) is 41.0 Å². The molecule has 2 heterocycles. The molecule has 7 heteroatoms. The molecule has 1 atom stereocenters. The second kappa shape index (κ2) is 6.39. The monoisotopic (exact) mass is 288 g/mol. The van der Waals surface area contributed by atoms with Crippen LogP contribution in [0.2, 0.25) is 0 Å². The summed E-state index contributed by atoms with van der Waals surface area (Å²) in [5.74, 6) is 0.195. The van der Waals surface area contributed by atoms with E-state index in [-0.39, 0.29) is 12.0 Å². The minimum absolute atomic E-state index is 0.195. The van der Waals surface area contributed by atoms with Crippen molar-refractivity contribution in [3.05, 3.63) is 18.0 Å². The van der Waals surface area contributed by atoms with Gasteiger partial charge < -0.3 is 10.2 Å². The molecule has 2 rings (SSSR count). The van der Waals surface area contributed by atoms with E-state index < -0.39 is 11.9 Å². The van der Waals surface area contributed by atoms with Crippen LogP contribution in [0, 0.1) is 0 Å². The molecule has 112 valence electrons. The van der Waals surface area contributed by atoms with Crippen LogP contribution < -0.4 is 10.2 Å². The van der Waals surface area contributed by atoms with E-state index in [1.807, 2.05) is 11.9 Å². The minimum atomic E-state index is -4.42. The normalized spacial score (nSPS) is 20.2. The first-order valence-electron chi connectivity index (χ1n) is 6.84. The number of piperidine rings is 1. The highest BCUT2D eigenvalue weighted by Gasteiger charge is 2.34. The molecule has 1 N–H and O–H groups in total. The number of aromatic nitrogens is 2. The number of rotatable bonds is 4. The van der Waals surface area contributed by atoms with Gasteiger partial charge >= 0.3 is 6.18 Å². The van der Waals surface area contributed by atoms with Crippen molar-refractivity contribution < 1.29 is 13.2 Å². The second-order valence-electron chi connectivity index (χ2n) is 4.97. The lowest BCUT2D eigenvalue weighted by Crippen LogP contribution is -2.42. The molecule has 0 bridgehead atoms. The lowest BCUT2D eigenvalue weighted by atomic mass is 10.00. The van der Waals surface area contributed by atoms with Crippen LogP contribution in [-0.4, -0.2) is 36.1 Å². The van der Waals surface area contributed by atoms with Crippen LogP contribution in [0.5, 0.6) is 0 Å². The summed E-state index contributed by atoms with van der Waals surface area (Å²) in [6.07, 6.45) is 0.694. The molecule has 1 aliphatic heterocycles. The highest BCUT2D eigenvalue weighted by atomic mass is 19.4. The van der Waals surface area contributed by atoms with Gasteiger partial charge in [-0.15, -0.1) is 0 Å². The van der Waals surface area contributed by atoms with Crippen molar-refractivity contribution in [3.8, 4) is 0 Å². The molecule has 0 aromatic carbocycles. The molecular formula is C13H19F3N4. The van der Waals surface area contributed by atoms with Crippen molar-refractivity contribution in [1.29, 1.82) is 0 Å². The van der Waals surface area contributed by atoms with Gasteiger partial charge in [0.2, 0.25) is 5.95 Å². The Labute approximate surface area is 116 Å². The third-order valence-corrected chi connectivity index (χ3v) is 3.54. The molecule has 1 fully saturated rings. The highest BCUT2D eigenvalue weighted by molar-refractivity contribution is 5.33. The van der Waals surface area contributed by atoms with Crippen LogP contribution in [0.15, 0.2) is 12.3 Å². The summed E-state index contributed by atoms with van der Waals surface area (Å²) in [6.45, 7) is 1.55. The predicted octanol–water partition coefficient (Wildman–Crippen LogP) is 2.46. The maximum atomic E-state index is 12.7. The van der Waals surface area contributed by atoms with Crippen LogP contribution in [0.1, 0.15) is 31.4 Å². The van der Waals surface area contributed by atoms with Gasteiger partial charge in [0.05, 0.1) is 0 Å². The summed E-state index contributed by atoms with van der Waals surface area (Å²) < 4.78 is 38.1. The van der Waals surface area contributed by atoms with Crippen LogP contribution in [0.4, 0.5) is 19.1 Å². The van der Waals surface area contributed by atoms with E-state index in [9.17, 15) is 13.2 Å². The Kier molecular flexibility index (Phi) is 4.80. The van der Waals surface area contributed by atoms with E-state index in [0.717, 1.165) is 44.8 Å². The largest absolute Gasteiger partial charge is 0.433 e. The maximum absolute atomic E-state index is 12.7. The molecule has 0 radical (unpaired) electrons. The van der Waals surface area contributed by atoms with E-state index in [0.29, 0.717) is 0 Å². The van der Waals surface area contributed by atoms with Gasteiger partial charge in [0.15, 0.2) is 0 Å². The Hall–Kier alpha value is -1.37. The first-order valence-corrected chi connectivity index (χ1v) is 6.84. The van der Waals surface area contributed by atoms with Crippen LogP contribution >= 0.6 is 0 Å². The van der Waals surface area contributed by atoms with Gasteiger partial charge in [0.25, 0.3) is 0 Å². The van der Waals surface area contributed by atoms with Gasteiger partial charge in [0, 0.05) is 18.8 Å². The third kappa shape index (κ3) is 3.59. The average molecular weight is 288 g/mol. The van der Waals surface area contributed by atoms with E-state index in [1.54, 1.807) is 0 Å². The van der Waals surface area contributed by atoms with Crippen molar-refractivity contribution in [3.63, 3.8) is 0 Å². The Balaban J connectivity index is 2.19. The zero-order valence-electron chi connectivity index (χ0n) is 11.5. The molecule has 1 aliphatic rings. The number of halogens is 3. The van der Waals surface area contributed by atoms with E-state index >= 15 is 0 Å². The van der Waals surface area contributed by atoms with Gasteiger partial charge in [-0.05, 0) is 45.3 Å².